The van der Waals surface area contributed by atoms with Gasteiger partial charge in [0.2, 0.25) is 0 Å². The third kappa shape index (κ3) is 3.48. The van der Waals surface area contributed by atoms with Gasteiger partial charge in [0, 0.05) is 17.2 Å². The van der Waals surface area contributed by atoms with E-state index >= 15 is 0 Å². The van der Waals surface area contributed by atoms with Crippen LogP contribution in [0.4, 0.5) is 0 Å². The lowest BCUT2D eigenvalue weighted by molar-refractivity contribution is 0.0934. The molecule has 2 aromatic rings. The van der Waals surface area contributed by atoms with Crippen LogP contribution in [0.1, 0.15) is 22.3 Å². The Kier molecular flexibility index (Phi) is 4.44. The van der Waals surface area contributed by atoms with Crippen LogP contribution in [-0.2, 0) is 0 Å². The minimum absolute atomic E-state index is 0.0114. The largest absolute Gasteiger partial charge is 0.468 e. The van der Waals surface area contributed by atoms with Crippen molar-refractivity contribution in [1.82, 2.24) is 15.2 Å². The molecule has 2 N–H and O–H groups in total. The van der Waals surface area contributed by atoms with Crippen molar-refractivity contribution in [3.8, 4) is 0 Å². The van der Waals surface area contributed by atoms with Crippen molar-refractivity contribution < 1.29 is 9.21 Å². The van der Waals surface area contributed by atoms with Crippen LogP contribution in [0.5, 0.6) is 0 Å². The Morgan fingerprint density at radius 1 is 1.58 bits per heavy atom. The molecule has 0 saturated heterocycles. The summed E-state index contributed by atoms with van der Waals surface area (Å²) >= 11 is 3.30. The summed E-state index contributed by atoms with van der Waals surface area (Å²) in [7, 11) is 3.90. The summed E-state index contributed by atoms with van der Waals surface area (Å²) in [5.74, 6) is 0.696. The second-order valence-electron chi connectivity index (χ2n) is 4.44. The van der Waals surface area contributed by atoms with Crippen molar-refractivity contribution in [3.05, 3.63) is 46.6 Å². The Balaban J connectivity index is 1.98. The second kappa shape index (κ2) is 6.08. The topological polar surface area (TPSA) is 61.3 Å². The van der Waals surface area contributed by atoms with E-state index in [1.54, 1.807) is 18.5 Å². The fraction of sp³-hybridized carbons (Fsp3) is 0.308. The molecule has 0 saturated carbocycles. The van der Waals surface area contributed by atoms with Gasteiger partial charge in [0.1, 0.15) is 11.5 Å². The van der Waals surface area contributed by atoms with Crippen molar-refractivity contribution in [2.24, 2.45) is 0 Å². The lowest BCUT2D eigenvalue weighted by Crippen LogP contribution is -2.34. The fourth-order valence-electron chi connectivity index (χ4n) is 1.80. The number of hydrogen-bond acceptors (Lipinski definition) is 3. The van der Waals surface area contributed by atoms with Crippen LogP contribution in [0.15, 0.2) is 39.5 Å². The van der Waals surface area contributed by atoms with Gasteiger partial charge < -0.3 is 14.7 Å². The molecule has 6 heteroatoms. The van der Waals surface area contributed by atoms with Gasteiger partial charge in [-0.15, -0.1) is 0 Å². The first kappa shape index (κ1) is 13.9. The van der Waals surface area contributed by atoms with Crippen molar-refractivity contribution in [2.75, 3.05) is 20.6 Å². The zero-order chi connectivity index (χ0) is 13.8. The molecule has 0 aliphatic heterocycles. The summed E-state index contributed by atoms with van der Waals surface area (Å²) in [6.07, 6.45) is 3.36. The SMILES string of the molecule is CN(C)C(CNC(=O)c1cc(Br)c[nH]1)c1ccco1. The van der Waals surface area contributed by atoms with Crippen LogP contribution in [0.2, 0.25) is 0 Å². The van der Waals surface area contributed by atoms with E-state index in [0.717, 1.165) is 10.2 Å². The normalized spacial score (nSPS) is 12.6. The standard InChI is InChI=1S/C13H16BrN3O2/c1-17(2)11(12-4-3-5-19-12)8-16-13(18)10-6-9(14)7-15-10/h3-7,11,15H,8H2,1-2H3,(H,16,18). The first-order chi connectivity index (χ1) is 9.08. The molecular weight excluding hydrogens is 310 g/mol. The number of carbonyl (C=O) groups excluding carboxylic acids is 1. The first-order valence-electron chi connectivity index (χ1n) is 5.90. The minimum Gasteiger partial charge on any atom is -0.468 e. The van der Waals surface area contributed by atoms with Gasteiger partial charge in [0.25, 0.3) is 5.91 Å². The maximum absolute atomic E-state index is 11.9. The second-order valence-corrected chi connectivity index (χ2v) is 5.35. The highest BCUT2D eigenvalue weighted by molar-refractivity contribution is 9.10. The monoisotopic (exact) mass is 325 g/mol. The molecule has 0 aromatic carbocycles. The number of likely N-dealkylation sites (N-methyl/N-ethyl adjacent to an activating group) is 1. The highest BCUT2D eigenvalue weighted by atomic mass is 79.9. The lowest BCUT2D eigenvalue weighted by Gasteiger charge is -2.22. The number of carbonyl (C=O) groups is 1. The molecule has 0 radical (unpaired) electrons. The van der Waals surface area contributed by atoms with Gasteiger partial charge in [-0.2, -0.15) is 0 Å². The number of H-pyrrole nitrogens is 1. The molecule has 2 heterocycles. The zero-order valence-corrected chi connectivity index (χ0v) is 12.4. The molecule has 0 spiro atoms. The number of aromatic amines is 1. The minimum atomic E-state index is -0.135. The van der Waals surface area contributed by atoms with Crippen LogP contribution in [-0.4, -0.2) is 36.4 Å². The smallest absolute Gasteiger partial charge is 0.267 e. The summed E-state index contributed by atoms with van der Waals surface area (Å²) in [4.78, 5) is 16.8. The molecule has 5 nitrogen and oxygen atoms in total. The van der Waals surface area contributed by atoms with E-state index in [1.807, 2.05) is 31.1 Å². The summed E-state index contributed by atoms with van der Waals surface area (Å²) in [6.45, 7) is 0.482. The Bertz CT molecular complexity index is 534. The average molecular weight is 326 g/mol. The molecule has 1 amide bonds. The highest BCUT2D eigenvalue weighted by Crippen LogP contribution is 2.18. The molecule has 0 aliphatic carbocycles. The van der Waals surface area contributed by atoms with Gasteiger partial charge in [0.05, 0.1) is 12.3 Å². The Morgan fingerprint density at radius 3 is 2.89 bits per heavy atom. The molecular formula is C13H16BrN3O2. The number of rotatable bonds is 5. The third-order valence-electron chi connectivity index (χ3n) is 2.84. The van der Waals surface area contributed by atoms with E-state index in [0.29, 0.717) is 12.2 Å². The predicted octanol–water partition coefficient (Wildman–Crippen LogP) is 2.40. The van der Waals surface area contributed by atoms with Gasteiger partial charge in [0.15, 0.2) is 0 Å². The van der Waals surface area contributed by atoms with Crippen molar-refractivity contribution in [3.63, 3.8) is 0 Å². The first-order valence-corrected chi connectivity index (χ1v) is 6.69. The molecule has 1 atom stereocenters. The Labute approximate surface area is 120 Å². The highest BCUT2D eigenvalue weighted by Gasteiger charge is 2.18. The van der Waals surface area contributed by atoms with Crippen molar-refractivity contribution in [2.45, 2.75) is 6.04 Å². The number of nitrogens with zero attached hydrogens (tertiary/aromatic N) is 1. The third-order valence-corrected chi connectivity index (χ3v) is 3.30. The number of furan rings is 1. The van der Waals surface area contributed by atoms with Gasteiger partial charge >= 0.3 is 0 Å². The van der Waals surface area contributed by atoms with Gasteiger partial charge in [-0.1, -0.05) is 0 Å². The zero-order valence-electron chi connectivity index (χ0n) is 10.8. The lowest BCUT2D eigenvalue weighted by atomic mass is 10.2. The maximum Gasteiger partial charge on any atom is 0.267 e. The number of nitrogens with one attached hydrogen (secondary N) is 2. The molecule has 19 heavy (non-hydrogen) atoms. The number of hydrogen-bond donors (Lipinski definition) is 2. The molecule has 102 valence electrons. The van der Waals surface area contributed by atoms with E-state index in [1.165, 1.54) is 0 Å². The van der Waals surface area contributed by atoms with Crippen LogP contribution in [0, 0.1) is 0 Å². The van der Waals surface area contributed by atoms with Gasteiger partial charge in [-0.25, -0.2) is 0 Å². The molecule has 2 rings (SSSR count). The van der Waals surface area contributed by atoms with Crippen LogP contribution >= 0.6 is 15.9 Å². The summed E-state index contributed by atoms with van der Waals surface area (Å²) < 4.78 is 6.25. The molecule has 0 bridgehead atoms. The van der Waals surface area contributed by atoms with Gasteiger partial charge in [-0.3, -0.25) is 9.69 Å². The summed E-state index contributed by atoms with van der Waals surface area (Å²) in [5, 5.41) is 2.89. The Morgan fingerprint density at radius 2 is 2.37 bits per heavy atom. The average Bonchev–Trinajstić information content (AvgIpc) is 3.00. The van der Waals surface area contributed by atoms with Crippen molar-refractivity contribution in [1.29, 1.82) is 0 Å². The summed E-state index contributed by atoms with van der Waals surface area (Å²) in [5.41, 5.74) is 0.531. The molecule has 0 fully saturated rings. The molecule has 0 aliphatic rings. The predicted molar refractivity (Wildman–Crippen MR) is 76.0 cm³/mol. The number of aromatic nitrogens is 1. The fourth-order valence-corrected chi connectivity index (χ4v) is 2.15. The van der Waals surface area contributed by atoms with Crippen molar-refractivity contribution >= 4 is 21.8 Å². The van der Waals surface area contributed by atoms with E-state index in [4.69, 9.17) is 4.42 Å². The van der Waals surface area contributed by atoms with Gasteiger partial charge in [-0.05, 0) is 48.2 Å². The maximum atomic E-state index is 11.9. The quantitative estimate of drug-likeness (QED) is 0.887. The Hall–Kier alpha value is -1.53. The number of amides is 1. The molecule has 2 aromatic heterocycles. The van der Waals surface area contributed by atoms with E-state index in [-0.39, 0.29) is 11.9 Å². The van der Waals surface area contributed by atoms with Crippen LogP contribution in [0.25, 0.3) is 0 Å². The summed E-state index contributed by atoms with van der Waals surface area (Å²) in [6, 6.07) is 5.50. The molecule has 1 unspecified atom stereocenters. The van der Waals surface area contributed by atoms with E-state index in [2.05, 4.69) is 26.2 Å². The van der Waals surface area contributed by atoms with Crippen LogP contribution in [0.3, 0.4) is 0 Å². The van der Waals surface area contributed by atoms with Crippen LogP contribution < -0.4 is 5.32 Å². The number of halogens is 1. The van der Waals surface area contributed by atoms with E-state index < -0.39 is 0 Å². The van der Waals surface area contributed by atoms with E-state index in [9.17, 15) is 4.79 Å².